The van der Waals surface area contributed by atoms with Crippen molar-refractivity contribution in [2.24, 2.45) is 0 Å². The molecule has 0 aliphatic heterocycles. The third-order valence-corrected chi connectivity index (χ3v) is 8.45. The lowest BCUT2D eigenvalue weighted by atomic mass is 9.67. The van der Waals surface area contributed by atoms with Gasteiger partial charge in [-0.25, -0.2) is 9.37 Å². The first kappa shape index (κ1) is 27.8. The molecule has 1 heterocycles. The molecule has 0 fully saturated rings. The summed E-state index contributed by atoms with van der Waals surface area (Å²) < 4.78 is 16.7. The first-order chi connectivity index (χ1) is 20.5. The van der Waals surface area contributed by atoms with Crippen molar-refractivity contribution in [1.29, 1.82) is 0 Å². The van der Waals surface area contributed by atoms with Crippen LogP contribution in [0.5, 0.6) is 0 Å². The van der Waals surface area contributed by atoms with E-state index in [2.05, 4.69) is 57.3 Å². The maximum Gasteiger partial charge on any atom is 0.141 e. The smallest absolute Gasteiger partial charge is 0.141 e. The van der Waals surface area contributed by atoms with Crippen molar-refractivity contribution in [2.45, 2.75) is 24.9 Å². The Kier molecular flexibility index (Phi) is 7.88. The standard InChI is InChI=1S/C37H30BrFN2O/c1-2-25-23-30(26-15-7-3-8-16-26)32(39)31(24-25)33(42)36-40-34(35(38)41-36)37(27-17-9-4-10-18-27,28-19-11-5-12-20-28)29-21-13-6-14-22-29/h3-24,33,42H,2H2,1H3,(H,40,41). The molecule has 0 saturated heterocycles. The molecule has 0 saturated carbocycles. The van der Waals surface area contributed by atoms with Crippen LogP contribution in [0.4, 0.5) is 4.39 Å². The van der Waals surface area contributed by atoms with Crippen LogP contribution in [0, 0.1) is 5.82 Å². The second-order valence-electron chi connectivity index (χ2n) is 10.3. The minimum Gasteiger partial charge on any atom is -0.380 e. The number of nitrogens with zero attached hydrogens (tertiary/aromatic N) is 1. The highest BCUT2D eigenvalue weighted by Crippen LogP contribution is 2.47. The van der Waals surface area contributed by atoms with Crippen LogP contribution < -0.4 is 0 Å². The summed E-state index contributed by atoms with van der Waals surface area (Å²) in [5.74, 6) is -0.198. The zero-order valence-corrected chi connectivity index (χ0v) is 24.7. The maximum atomic E-state index is 16.1. The van der Waals surface area contributed by atoms with Gasteiger partial charge in [-0.05, 0) is 62.3 Å². The van der Waals surface area contributed by atoms with E-state index in [1.54, 1.807) is 6.07 Å². The minimum atomic E-state index is -1.32. The summed E-state index contributed by atoms with van der Waals surface area (Å²) in [6, 6.07) is 43.7. The number of rotatable bonds is 8. The fourth-order valence-corrected chi connectivity index (χ4v) is 6.42. The summed E-state index contributed by atoms with van der Waals surface area (Å²) in [4.78, 5) is 8.24. The van der Waals surface area contributed by atoms with E-state index in [1.165, 1.54) is 0 Å². The Labute approximate surface area is 253 Å². The van der Waals surface area contributed by atoms with Crippen molar-refractivity contribution in [3.8, 4) is 11.1 Å². The van der Waals surface area contributed by atoms with Gasteiger partial charge >= 0.3 is 0 Å². The van der Waals surface area contributed by atoms with Crippen molar-refractivity contribution >= 4 is 15.9 Å². The molecule has 1 aromatic heterocycles. The Morgan fingerprint density at radius 3 is 1.71 bits per heavy atom. The number of aromatic amines is 1. The lowest BCUT2D eigenvalue weighted by Crippen LogP contribution is -2.32. The number of hydrogen-bond acceptors (Lipinski definition) is 2. The summed E-state index contributed by atoms with van der Waals surface area (Å²) in [5, 5.41) is 11.7. The molecule has 3 nitrogen and oxygen atoms in total. The first-order valence-corrected chi connectivity index (χ1v) is 14.8. The number of aryl methyl sites for hydroxylation is 1. The fourth-order valence-electron chi connectivity index (χ4n) is 5.83. The normalized spacial score (nSPS) is 12.3. The molecule has 1 atom stereocenters. The Morgan fingerprint density at radius 2 is 1.24 bits per heavy atom. The molecule has 5 aromatic carbocycles. The van der Waals surface area contributed by atoms with Crippen molar-refractivity contribution < 1.29 is 9.50 Å². The number of hydrogen-bond donors (Lipinski definition) is 2. The summed E-state index contributed by atoms with van der Waals surface area (Å²) in [6.07, 6.45) is -0.615. The quantitative estimate of drug-likeness (QED) is 0.168. The van der Waals surface area contributed by atoms with Crippen LogP contribution in [0.2, 0.25) is 0 Å². The van der Waals surface area contributed by atoms with E-state index < -0.39 is 17.3 Å². The second kappa shape index (κ2) is 11.9. The molecule has 6 aromatic rings. The molecular weight excluding hydrogens is 587 g/mol. The topological polar surface area (TPSA) is 48.9 Å². The number of aliphatic hydroxyl groups excluding tert-OH is 1. The lowest BCUT2D eigenvalue weighted by Gasteiger charge is -2.35. The number of nitrogens with one attached hydrogen (secondary N) is 1. The Hall–Kier alpha value is -4.32. The predicted octanol–water partition coefficient (Wildman–Crippen LogP) is 9.01. The molecule has 0 amide bonds. The van der Waals surface area contributed by atoms with E-state index in [-0.39, 0.29) is 11.4 Å². The number of aromatic nitrogens is 2. The van der Waals surface area contributed by atoms with Gasteiger partial charge in [0.25, 0.3) is 0 Å². The molecule has 42 heavy (non-hydrogen) atoms. The zero-order valence-electron chi connectivity index (χ0n) is 23.1. The zero-order chi connectivity index (χ0) is 29.1. The average molecular weight is 618 g/mol. The van der Waals surface area contributed by atoms with Crippen molar-refractivity contribution in [1.82, 2.24) is 9.97 Å². The van der Waals surface area contributed by atoms with Crippen LogP contribution in [0.3, 0.4) is 0 Å². The van der Waals surface area contributed by atoms with E-state index in [0.717, 1.165) is 33.5 Å². The third kappa shape index (κ3) is 4.89. The largest absolute Gasteiger partial charge is 0.380 e. The van der Waals surface area contributed by atoms with Crippen molar-refractivity contribution in [3.63, 3.8) is 0 Å². The average Bonchev–Trinajstić information content (AvgIpc) is 3.44. The summed E-state index contributed by atoms with van der Waals surface area (Å²) in [6.45, 7) is 2.02. The molecule has 0 bridgehead atoms. The van der Waals surface area contributed by atoms with Crippen LogP contribution in [-0.4, -0.2) is 15.1 Å². The van der Waals surface area contributed by atoms with Crippen LogP contribution in [0.1, 0.15) is 52.4 Å². The summed E-state index contributed by atoms with van der Waals surface area (Å²) in [7, 11) is 0. The predicted molar refractivity (Wildman–Crippen MR) is 170 cm³/mol. The molecule has 6 rings (SSSR count). The number of H-pyrrole nitrogens is 1. The molecule has 0 radical (unpaired) electrons. The fraction of sp³-hybridized carbons (Fsp3) is 0.108. The van der Waals surface area contributed by atoms with E-state index in [1.807, 2.05) is 97.9 Å². The molecular formula is C37H30BrFN2O. The van der Waals surface area contributed by atoms with Gasteiger partial charge in [0.15, 0.2) is 0 Å². The highest BCUT2D eigenvalue weighted by molar-refractivity contribution is 9.10. The number of benzene rings is 5. The van der Waals surface area contributed by atoms with E-state index in [4.69, 9.17) is 4.98 Å². The molecule has 2 N–H and O–H groups in total. The van der Waals surface area contributed by atoms with E-state index in [9.17, 15) is 5.11 Å². The van der Waals surface area contributed by atoms with Gasteiger partial charge < -0.3 is 10.1 Å². The maximum absolute atomic E-state index is 16.1. The molecule has 0 aliphatic carbocycles. The molecule has 0 spiro atoms. The first-order valence-electron chi connectivity index (χ1n) is 14.0. The SMILES string of the molecule is CCc1cc(-c2ccccc2)c(F)c(C(O)c2nc(Br)c(C(c3ccccc3)(c3ccccc3)c3ccccc3)[nH]2)c1. The Balaban J connectivity index is 1.57. The second-order valence-corrected chi connectivity index (χ2v) is 11.1. The molecule has 5 heteroatoms. The minimum absolute atomic E-state index is 0.186. The Morgan fingerprint density at radius 1 is 0.762 bits per heavy atom. The van der Waals surface area contributed by atoms with Crippen LogP contribution in [0.15, 0.2) is 138 Å². The number of halogens is 2. The van der Waals surface area contributed by atoms with Gasteiger partial charge in [0.2, 0.25) is 0 Å². The summed E-state index contributed by atoms with van der Waals surface area (Å²) in [5.41, 5.74) is 5.36. The highest BCUT2D eigenvalue weighted by Gasteiger charge is 2.42. The molecule has 208 valence electrons. The number of imidazole rings is 1. The summed E-state index contributed by atoms with van der Waals surface area (Å²) >= 11 is 3.74. The third-order valence-electron chi connectivity index (χ3n) is 7.88. The molecule has 0 aliphatic rings. The van der Waals surface area contributed by atoms with Crippen LogP contribution in [-0.2, 0) is 11.8 Å². The van der Waals surface area contributed by atoms with Crippen LogP contribution >= 0.6 is 15.9 Å². The van der Waals surface area contributed by atoms with Gasteiger partial charge in [-0.3, -0.25) is 0 Å². The van der Waals surface area contributed by atoms with Gasteiger partial charge in [0.05, 0.1) is 11.1 Å². The highest BCUT2D eigenvalue weighted by atomic mass is 79.9. The number of aliphatic hydroxyl groups is 1. The van der Waals surface area contributed by atoms with Gasteiger partial charge in [0.1, 0.15) is 22.3 Å². The van der Waals surface area contributed by atoms with Crippen molar-refractivity contribution in [2.75, 3.05) is 0 Å². The van der Waals surface area contributed by atoms with Gasteiger partial charge in [0, 0.05) is 11.1 Å². The van der Waals surface area contributed by atoms with Gasteiger partial charge in [-0.15, -0.1) is 0 Å². The lowest BCUT2D eigenvalue weighted by molar-refractivity contribution is 0.205. The van der Waals surface area contributed by atoms with Crippen molar-refractivity contribution in [3.05, 3.63) is 183 Å². The Bertz CT molecular complexity index is 1690. The van der Waals surface area contributed by atoms with Crippen LogP contribution in [0.25, 0.3) is 11.1 Å². The molecule has 1 unspecified atom stereocenters. The monoisotopic (exact) mass is 616 g/mol. The van der Waals surface area contributed by atoms with E-state index in [0.29, 0.717) is 16.6 Å². The van der Waals surface area contributed by atoms with Gasteiger partial charge in [-0.1, -0.05) is 128 Å². The van der Waals surface area contributed by atoms with Gasteiger partial charge in [-0.2, -0.15) is 0 Å². The van der Waals surface area contributed by atoms with E-state index >= 15 is 4.39 Å².